The molecule has 72 valence electrons. The third-order valence-corrected chi connectivity index (χ3v) is 3.48. The van der Waals surface area contributed by atoms with Crippen molar-refractivity contribution in [3.8, 4) is 0 Å². The van der Waals surface area contributed by atoms with Crippen LogP contribution in [0.5, 0.6) is 0 Å². The molecular formula is C10H16N2S. The third-order valence-electron chi connectivity index (χ3n) is 2.64. The Bertz CT molecular complexity index is 241. The monoisotopic (exact) mass is 196 g/mol. The maximum absolute atomic E-state index is 6.00. The molecule has 1 fully saturated rings. The van der Waals surface area contributed by atoms with Crippen molar-refractivity contribution in [1.82, 2.24) is 4.98 Å². The average molecular weight is 196 g/mol. The quantitative estimate of drug-likeness (QED) is 0.784. The van der Waals surface area contributed by atoms with Gasteiger partial charge in [-0.15, -0.1) is 11.3 Å². The molecule has 1 aromatic rings. The summed E-state index contributed by atoms with van der Waals surface area (Å²) in [6.07, 6.45) is 8.07. The van der Waals surface area contributed by atoms with Crippen molar-refractivity contribution in [3.63, 3.8) is 0 Å². The lowest BCUT2D eigenvalue weighted by Crippen LogP contribution is -2.22. The predicted octanol–water partition coefficient (Wildman–Crippen LogP) is 2.20. The minimum atomic E-state index is 0.458. The van der Waals surface area contributed by atoms with Crippen molar-refractivity contribution >= 4 is 11.3 Å². The lowest BCUT2D eigenvalue weighted by molar-refractivity contribution is 0.528. The van der Waals surface area contributed by atoms with Gasteiger partial charge in [0.05, 0.1) is 5.01 Å². The highest BCUT2D eigenvalue weighted by atomic mass is 32.1. The molecule has 0 spiro atoms. The molecule has 0 bridgehead atoms. The first kappa shape index (κ1) is 9.16. The van der Waals surface area contributed by atoms with E-state index in [1.54, 1.807) is 11.3 Å². The Kier molecular flexibility index (Phi) is 2.96. The molecule has 0 radical (unpaired) electrons. The van der Waals surface area contributed by atoms with Crippen LogP contribution in [0.4, 0.5) is 0 Å². The van der Waals surface area contributed by atoms with Crippen molar-refractivity contribution < 1.29 is 0 Å². The third kappa shape index (κ3) is 2.78. The topological polar surface area (TPSA) is 38.9 Å². The van der Waals surface area contributed by atoms with E-state index in [9.17, 15) is 0 Å². The summed E-state index contributed by atoms with van der Waals surface area (Å²) in [7, 11) is 0. The van der Waals surface area contributed by atoms with Gasteiger partial charge < -0.3 is 5.73 Å². The van der Waals surface area contributed by atoms with E-state index in [1.165, 1.54) is 30.7 Å². The van der Waals surface area contributed by atoms with Crippen LogP contribution in [0.2, 0.25) is 0 Å². The number of aryl methyl sites for hydroxylation is 1. The largest absolute Gasteiger partial charge is 0.327 e. The molecule has 2 rings (SSSR count). The molecule has 0 aromatic carbocycles. The maximum atomic E-state index is 6.00. The van der Waals surface area contributed by atoms with Gasteiger partial charge in [0.2, 0.25) is 0 Å². The Morgan fingerprint density at radius 2 is 2.46 bits per heavy atom. The fourth-order valence-corrected chi connectivity index (χ4v) is 2.29. The molecule has 1 aromatic heterocycles. The fourth-order valence-electron chi connectivity index (χ4n) is 1.63. The first-order valence-corrected chi connectivity index (χ1v) is 5.88. The minimum absolute atomic E-state index is 0.458. The SMILES string of the molecule is NC(CCCc1nccs1)C1CC1. The van der Waals surface area contributed by atoms with Crippen LogP contribution < -0.4 is 5.73 Å². The van der Waals surface area contributed by atoms with E-state index in [4.69, 9.17) is 5.73 Å². The standard InChI is InChI=1S/C10H16N2S/c11-9(8-4-5-8)2-1-3-10-12-6-7-13-10/h6-9H,1-5,11H2. The molecule has 1 unspecified atom stereocenters. The van der Waals surface area contributed by atoms with Crippen LogP contribution in [0.3, 0.4) is 0 Å². The highest BCUT2D eigenvalue weighted by Crippen LogP contribution is 2.33. The lowest BCUT2D eigenvalue weighted by Gasteiger charge is -2.08. The van der Waals surface area contributed by atoms with Crippen molar-refractivity contribution in [1.29, 1.82) is 0 Å². The molecule has 2 nitrogen and oxygen atoms in total. The molecule has 1 aliphatic carbocycles. The van der Waals surface area contributed by atoms with Gasteiger partial charge in [-0.2, -0.15) is 0 Å². The van der Waals surface area contributed by atoms with Gasteiger partial charge in [0.15, 0.2) is 0 Å². The van der Waals surface area contributed by atoms with Crippen LogP contribution >= 0.6 is 11.3 Å². The molecule has 1 saturated carbocycles. The maximum Gasteiger partial charge on any atom is 0.0924 e. The molecule has 0 saturated heterocycles. The summed E-state index contributed by atoms with van der Waals surface area (Å²) in [6.45, 7) is 0. The van der Waals surface area contributed by atoms with Gasteiger partial charge in [0, 0.05) is 17.6 Å². The van der Waals surface area contributed by atoms with E-state index < -0.39 is 0 Å². The normalized spacial score (nSPS) is 18.8. The van der Waals surface area contributed by atoms with Gasteiger partial charge in [0.25, 0.3) is 0 Å². The molecule has 13 heavy (non-hydrogen) atoms. The second kappa shape index (κ2) is 4.20. The van der Waals surface area contributed by atoms with Crippen LogP contribution in [-0.4, -0.2) is 11.0 Å². The zero-order valence-corrected chi connectivity index (χ0v) is 8.59. The Hall–Kier alpha value is -0.410. The second-order valence-electron chi connectivity index (χ2n) is 3.82. The van der Waals surface area contributed by atoms with Crippen molar-refractivity contribution in [2.45, 2.75) is 38.1 Å². The van der Waals surface area contributed by atoms with E-state index in [0.717, 1.165) is 12.3 Å². The van der Waals surface area contributed by atoms with Crippen LogP contribution in [-0.2, 0) is 6.42 Å². The Balaban J connectivity index is 1.63. The first-order valence-electron chi connectivity index (χ1n) is 5.00. The minimum Gasteiger partial charge on any atom is -0.327 e. The van der Waals surface area contributed by atoms with Gasteiger partial charge in [0.1, 0.15) is 0 Å². The summed E-state index contributed by atoms with van der Waals surface area (Å²) in [6, 6.07) is 0.458. The van der Waals surface area contributed by atoms with E-state index in [1.807, 2.05) is 11.6 Å². The number of hydrogen-bond donors (Lipinski definition) is 1. The van der Waals surface area contributed by atoms with Gasteiger partial charge in [-0.3, -0.25) is 0 Å². The molecule has 0 amide bonds. The molecule has 3 heteroatoms. The summed E-state index contributed by atoms with van der Waals surface area (Å²) in [5.41, 5.74) is 6.00. The van der Waals surface area contributed by atoms with Crippen LogP contribution in [0, 0.1) is 5.92 Å². The number of thiazole rings is 1. The van der Waals surface area contributed by atoms with Gasteiger partial charge in [-0.05, 0) is 38.0 Å². The van der Waals surface area contributed by atoms with Gasteiger partial charge in [-0.1, -0.05) is 0 Å². The van der Waals surface area contributed by atoms with Crippen molar-refractivity contribution in [3.05, 3.63) is 16.6 Å². The molecule has 1 atom stereocenters. The number of rotatable bonds is 5. The Morgan fingerprint density at radius 1 is 1.62 bits per heavy atom. The molecule has 1 heterocycles. The summed E-state index contributed by atoms with van der Waals surface area (Å²) in [5.74, 6) is 0.844. The number of nitrogens with zero attached hydrogens (tertiary/aromatic N) is 1. The van der Waals surface area contributed by atoms with E-state index in [-0.39, 0.29) is 0 Å². The smallest absolute Gasteiger partial charge is 0.0924 e. The fraction of sp³-hybridized carbons (Fsp3) is 0.700. The molecular weight excluding hydrogens is 180 g/mol. The van der Waals surface area contributed by atoms with Crippen molar-refractivity contribution in [2.75, 3.05) is 0 Å². The Labute approximate surface area is 83.2 Å². The van der Waals surface area contributed by atoms with E-state index in [2.05, 4.69) is 4.98 Å². The Morgan fingerprint density at radius 3 is 3.08 bits per heavy atom. The summed E-state index contributed by atoms with van der Waals surface area (Å²) in [4.78, 5) is 4.25. The lowest BCUT2D eigenvalue weighted by atomic mass is 10.1. The van der Waals surface area contributed by atoms with Gasteiger partial charge in [-0.25, -0.2) is 4.98 Å². The van der Waals surface area contributed by atoms with E-state index >= 15 is 0 Å². The highest BCUT2D eigenvalue weighted by molar-refractivity contribution is 7.09. The summed E-state index contributed by atoms with van der Waals surface area (Å²) < 4.78 is 0. The second-order valence-corrected chi connectivity index (χ2v) is 4.80. The number of aromatic nitrogens is 1. The first-order chi connectivity index (χ1) is 6.36. The average Bonchev–Trinajstić information content (AvgIpc) is 2.86. The van der Waals surface area contributed by atoms with Crippen LogP contribution in [0.25, 0.3) is 0 Å². The van der Waals surface area contributed by atoms with Gasteiger partial charge >= 0.3 is 0 Å². The van der Waals surface area contributed by atoms with Crippen LogP contribution in [0.15, 0.2) is 11.6 Å². The summed E-state index contributed by atoms with van der Waals surface area (Å²) >= 11 is 1.75. The number of hydrogen-bond acceptors (Lipinski definition) is 3. The predicted molar refractivity (Wildman–Crippen MR) is 55.8 cm³/mol. The highest BCUT2D eigenvalue weighted by Gasteiger charge is 2.27. The van der Waals surface area contributed by atoms with Crippen LogP contribution in [0.1, 0.15) is 30.7 Å². The summed E-state index contributed by atoms with van der Waals surface area (Å²) in [5, 5.41) is 3.29. The van der Waals surface area contributed by atoms with E-state index in [0.29, 0.717) is 6.04 Å². The molecule has 2 N–H and O–H groups in total. The molecule has 1 aliphatic rings. The molecule has 0 aliphatic heterocycles. The zero-order chi connectivity index (χ0) is 9.10. The zero-order valence-electron chi connectivity index (χ0n) is 7.78. The van der Waals surface area contributed by atoms with Crippen molar-refractivity contribution in [2.24, 2.45) is 11.7 Å². The number of nitrogens with two attached hydrogens (primary N) is 1.